The molecule has 4 N–H and O–H groups in total. The van der Waals surface area contributed by atoms with Gasteiger partial charge in [0.15, 0.2) is 24.8 Å². The third-order valence-corrected chi connectivity index (χ3v) is 9.21. The lowest BCUT2D eigenvalue weighted by Gasteiger charge is -2.14. The molecule has 5 aromatic carbocycles. The maximum atomic E-state index is 14.0. The summed E-state index contributed by atoms with van der Waals surface area (Å²) >= 11 is 0. The average molecular weight is 835 g/mol. The molecule has 0 aliphatic heterocycles. The van der Waals surface area contributed by atoms with E-state index < -0.39 is 54.4 Å². The minimum Gasteiger partial charge on any atom is -0.454 e. The van der Waals surface area contributed by atoms with Gasteiger partial charge in [0.05, 0.1) is 22.3 Å². The topological polar surface area (TPSA) is 203 Å². The van der Waals surface area contributed by atoms with Gasteiger partial charge in [0, 0.05) is 35.2 Å². The molecule has 5 aromatic rings. The number of carbonyl (C=O) groups excluding carboxylic acids is 8. The molecule has 0 aromatic heterocycles. The van der Waals surface area contributed by atoms with Crippen LogP contribution in [0.2, 0.25) is 0 Å². The molecular weight excluding hydrogens is 793 g/mol. The van der Waals surface area contributed by atoms with Crippen LogP contribution >= 0.6 is 0 Å². The number of rotatable bonds is 16. The highest BCUT2D eigenvalue weighted by Crippen LogP contribution is 2.28. The largest absolute Gasteiger partial charge is 0.454 e. The Bertz CT molecular complexity index is 2660. The van der Waals surface area contributed by atoms with Gasteiger partial charge in [-0.3, -0.25) is 28.8 Å². The van der Waals surface area contributed by atoms with Gasteiger partial charge >= 0.3 is 11.9 Å². The second kappa shape index (κ2) is 20.1. The predicted molar refractivity (Wildman–Crippen MR) is 233 cm³/mol. The molecule has 0 aliphatic rings. The zero-order valence-electron chi connectivity index (χ0n) is 34.3. The van der Waals surface area contributed by atoms with Crippen molar-refractivity contribution in [2.45, 2.75) is 20.8 Å². The average Bonchev–Trinajstić information content (AvgIpc) is 3.26. The van der Waals surface area contributed by atoms with Crippen molar-refractivity contribution < 1.29 is 47.8 Å². The molecule has 0 heterocycles. The number of esters is 2. The summed E-state index contributed by atoms with van der Waals surface area (Å²) in [7, 11) is 1.36. The number of hydrogen-bond donors (Lipinski definition) is 4. The van der Waals surface area contributed by atoms with E-state index in [-0.39, 0.29) is 50.6 Å². The maximum Gasteiger partial charge on any atom is 0.339 e. The number of ketones is 2. The number of anilines is 3. The van der Waals surface area contributed by atoms with E-state index in [4.69, 9.17) is 9.47 Å². The van der Waals surface area contributed by atoms with E-state index in [0.29, 0.717) is 28.1 Å². The molecule has 0 bridgehead atoms. The Morgan fingerprint density at radius 1 is 0.484 bits per heavy atom. The van der Waals surface area contributed by atoms with Crippen molar-refractivity contribution in [3.8, 4) is 11.1 Å². The first-order valence-electron chi connectivity index (χ1n) is 19.0. The van der Waals surface area contributed by atoms with Gasteiger partial charge in [-0.15, -0.1) is 0 Å². The summed E-state index contributed by atoms with van der Waals surface area (Å²) in [5.41, 5.74) is 3.18. The third-order valence-electron chi connectivity index (χ3n) is 9.21. The van der Waals surface area contributed by atoms with Crippen LogP contribution < -0.4 is 21.3 Å². The highest BCUT2D eigenvalue weighted by Gasteiger charge is 2.24. The molecule has 0 radical (unpaired) electrons. The Morgan fingerprint density at radius 3 is 1.37 bits per heavy atom. The SMILES string of the molecule is C=C(C)C(=O)COC(=O)c1ccc(-c2ccc(C(=O)OCC(=O)C(=C)C)c(C(=O)Nc3cccc(C(=O)Nc4ccc(NC(=O)c5cccc(C)c5)cc4)c3)c2)cc1C(=O)NC. The molecule has 0 unspecified atom stereocenters. The number of Topliss-reactive ketones (excluding diaryl/α,β-unsaturated/α-hetero) is 2. The lowest BCUT2D eigenvalue weighted by atomic mass is 9.95. The molecule has 14 heteroatoms. The van der Waals surface area contributed by atoms with E-state index in [1.165, 1.54) is 75.5 Å². The van der Waals surface area contributed by atoms with Gasteiger partial charge in [0.25, 0.3) is 23.6 Å². The number of amides is 4. The maximum absolute atomic E-state index is 14.0. The van der Waals surface area contributed by atoms with Gasteiger partial charge in [0.2, 0.25) is 0 Å². The molecule has 0 saturated heterocycles. The first-order valence-corrected chi connectivity index (χ1v) is 19.0. The molecule has 0 spiro atoms. The first kappa shape index (κ1) is 44.8. The number of nitrogens with one attached hydrogen (secondary N) is 4. The van der Waals surface area contributed by atoms with E-state index in [1.54, 1.807) is 48.5 Å². The number of hydrogen-bond acceptors (Lipinski definition) is 10. The summed E-state index contributed by atoms with van der Waals surface area (Å²) in [6, 6.07) is 28.1. The molecule has 0 aliphatic carbocycles. The summed E-state index contributed by atoms with van der Waals surface area (Å²) < 4.78 is 10.3. The Hall–Kier alpha value is -8.26. The normalized spacial score (nSPS) is 10.4. The lowest BCUT2D eigenvalue weighted by Crippen LogP contribution is -2.23. The molecule has 314 valence electrons. The van der Waals surface area contributed by atoms with E-state index in [1.807, 2.05) is 13.0 Å². The van der Waals surface area contributed by atoms with Crippen LogP contribution in [0.1, 0.15) is 81.6 Å². The van der Waals surface area contributed by atoms with Gasteiger partial charge in [0.1, 0.15) is 0 Å². The highest BCUT2D eigenvalue weighted by molar-refractivity contribution is 6.13. The van der Waals surface area contributed by atoms with Crippen LogP contribution in [0.15, 0.2) is 133 Å². The summed E-state index contributed by atoms with van der Waals surface area (Å²) in [6.45, 7) is 10.7. The van der Waals surface area contributed by atoms with Crippen molar-refractivity contribution >= 4 is 64.2 Å². The molecule has 5 rings (SSSR count). The van der Waals surface area contributed by atoms with Crippen molar-refractivity contribution in [2.75, 3.05) is 36.2 Å². The van der Waals surface area contributed by atoms with Gasteiger partial charge in [-0.05, 0) is 122 Å². The van der Waals surface area contributed by atoms with Crippen LogP contribution in [0.4, 0.5) is 17.1 Å². The Labute approximate surface area is 357 Å². The summed E-state index contributed by atoms with van der Waals surface area (Å²) in [5.74, 6) is -5.16. The Morgan fingerprint density at radius 2 is 0.919 bits per heavy atom. The van der Waals surface area contributed by atoms with Crippen LogP contribution in [0.25, 0.3) is 11.1 Å². The van der Waals surface area contributed by atoms with Crippen molar-refractivity contribution in [1.82, 2.24) is 5.32 Å². The number of carbonyl (C=O) groups is 8. The van der Waals surface area contributed by atoms with Crippen molar-refractivity contribution in [1.29, 1.82) is 0 Å². The fraction of sp³-hybridized carbons (Fsp3) is 0.125. The van der Waals surface area contributed by atoms with Crippen molar-refractivity contribution in [3.05, 3.63) is 172 Å². The van der Waals surface area contributed by atoms with Crippen molar-refractivity contribution in [3.63, 3.8) is 0 Å². The van der Waals surface area contributed by atoms with Gasteiger partial charge in [-0.1, -0.05) is 49.1 Å². The van der Waals surface area contributed by atoms with E-state index in [2.05, 4.69) is 34.4 Å². The zero-order valence-corrected chi connectivity index (χ0v) is 34.3. The smallest absolute Gasteiger partial charge is 0.339 e. The van der Waals surface area contributed by atoms with Gasteiger partial charge < -0.3 is 30.7 Å². The fourth-order valence-corrected chi connectivity index (χ4v) is 5.74. The summed E-state index contributed by atoms with van der Waals surface area (Å²) in [5, 5.41) is 10.8. The van der Waals surface area contributed by atoms with Crippen LogP contribution in [-0.2, 0) is 19.1 Å². The minimum absolute atomic E-state index is 0.0958. The van der Waals surface area contributed by atoms with E-state index in [9.17, 15) is 38.4 Å². The van der Waals surface area contributed by atoms with Crippen LogP contribution in [-0.4, -0.2) is 67.4 Å². The quantitative estimate of drug-likeness (QED) is 0.0574. The first-order chi connectivity index (χ1) is 29.5. The Balaban J connectivity index is 1.39. The lowest BCUT2D eigenvalue weighted by molar-refractivity contribution is -0.119. The molecule has 0 saturated carbocycles. The van der Waals surface area contributed by atoms with E-state index in [0.717, 1.165) is 5.56 Å². The number of aryl methyl sites for hydroxylation is 1. The highest BCUT2D eigenvalue weighted by atomic mass is 16.5. The fourth-order valence-electron chi connectivity index (χ4n) is 5.74. The number of ether oxygens (including phenoxy) is 2. The third kappa shape index (κ3) is 11.5. The van der Waals surface area contributed by atoms with Gasteiger partial charge in [-0.25, -0.2) is 9.59 Å². The molecule has 0 fully saturated rings. The van der Waals surface area contributed by atoms with Crippen LogP contribution in [0, 0.1) is 6.92 Å². The zero-order chi connectivity index (χ0) is 45.1. The number of benzene rings is 5. The molecular formula is C48H42N4O10. The molecule has 0 atom stereocenters. The minimum atomic E-state index is -0.987. The second-order valence-electron chi connectivity index (χ2n) is 14.0. The second-order valence-corrected chi connectivity index (χ2v) is 14.0. The van der Waals surface area contributed by atoms with Crippen LogP contribution in [0.3, 0.4) is 0 Å². The molecule has 4 amide bonds. The summed E-state index contributed by atoms with van der Waals surface area (Å²) in [6.07, 6.45) is 0. The van der Waals surface area contributed by atoms with Gasteiger partial charge in [-0.2, -0.15) is 0 Å². The molecule has 62 heavy (non-hydrogen) atoms. The predicted octanol–water partition coefficient (Wildman–Crippen LogP) is 7.38. The van der Waals surface area contributed by atoms with E-state index >= 15 is 0 Å². The summed E-state index contributed by atoms with van der Waals surface area (Å²) in [4.78, 5) is 103. The van der Waals surface area contributed by atoms with Crippen LogP contribution in [0.5, 0.6) is 0 Å². The van der Waals surface area contributed by atoms with Crippen molar-refractivity contribution in [2.24, 2.45) is 0 Å². The monoisotopic (exact) mass is 834 g/mol. The standard InChI is InChI=1S/C48H42N4O10/c1-27(2)41(53)25-61-47(59)37-19-13-30(23-39(37)45(57)49-6)31-14-20-38(48(60)62-26-42(54)28(3)4)40(24-31)46(58)52-36-12-8-11-33(22-36)44(56)51-35-17-15-34(16-18-35)50-43(55)32-10-7-9-29(5)21-32/h7-24H,1,3,25-26H2,2,4-6H3,(H,49,57)(H,50,55)(H,51,56)(H,52,58). The Kier molecular flexibility index (Phi) is 14.6. The molecule has 14 nitrogen and oxygen atoms in total.